The van der Waals surface area contributed by atoms with Gasteiger partial charge in [-0.3, -0.25) is 0 Å². The molecule has 1 unspecified atom stereocenters. The first kappa shape index (κ1) is 10.7. The Hall–Kier alpha value is 0.140. The molecule has 1 atom stereocenters. The summed E-state index contributed by atoms with van der Waals surface area (Å²) in [6.45, 7) is 0. The second-order valence-electron chi connectivity index (χ2n) is 4.14. The van der Waals surface area contributed by atoms with E-state index in [0.29, 0.717) is 6.04 Å². The third kappa shape index (κ3) is 2.59. The number of nitrogens with two attached hydrogens (primary N) is 1. The third-order valence-electron chi connectivity index (χ3n) is 3.06. The number of hydrogen-bond donors (Lipinski definition) is 1. The first-order chi connectivity index (χ1) is 6.75. The van der Waals surface area contributed by atoms with Crippen LogP contribution in [0.15, 0.2) is 15.9 Å². The maximum Gasteiger partial charge on any atom is 0.0285 e. The first-order valence-electron chi connectivity index (χ1n) is 5.24. The van der Waals surface area contributed by atoms with Gasteiger partial charge in [0, 0.05) is 20.8 Å². The Balaban J connectivity index is 1.90. The fourth-order valence-corrected chi connectivity index (χ4v) is 3.77. The van der Waals surface area contributed by atoms with Gasteiger partial charge in [-0.05, 0) is 47.2 Å². The molecule has 1 aromatic heterocycles. The third-order valence-corrected chi connectivity index (χ3v) is 4.78. The summed E-state index contributed by atoms with van der Waals surface area (Å²) in [7, 11) is 0. The van der Waals surface area contributed by atoms with Gasteiger partial charge < -0.3 is 5.73 Å². The van der Waals surface area contributed by atoms with Crippen LogP contribution >= 0.6 is 27.3 Å². The molecule has 2 rings (SSSR count). The summed E-state index contributed by atoms with van der Waals surface area (Å²) in [6.07, 6.45) is 6.50. The minimum Gasteiger partial charge on any atom is -0.327 e. The molecule has 1 heterocycles. The molecular formula is C11H16BrNS. The number of halogens is 1. The highest BCUT2D eigenvalue weighted by Crippen LogP contribution is 2.29. The molecule has 0 aromatic carbocycles. The van der Waals surface area contributed by atoms with Crippen LogP contribution in [0, 0.1) is 5.92 Å². The van der Waals surface area contributed by atoms with Crippen LogP contribution in [0.3, 0.4) is 0 Å². The van der Waals surface area contributed by atoms with Crippen molar-refractivity contribution >= 4 is 27.3 Å². The molecule has 0 amide bonds. The topological polar surface area (TPSA) is 26.0 Å². The predicted octanol–water partition coefficient (Wildman–Crippen LogP) is 3.57. The lowest BCUT2D eigenvalue weighted by Crippen LogP contribution is -2.30. The van der Waals surface area contributed by atoms with Gasteiger partial charge in [-0.25, -0.2) is 0 Å². The minimum atomic E-state index is 0.378. The van der Waals surface area contributed by atoms with E-state index in [-0.39, 0.29) is 0 Å². The van der Waals surface area contributed by atoms with Crippen LogP contribution in [0.25, 0.3) is 0 Å². The summed E-state index contributed by atoms with van der Waals surface area (Å²) in [5, 5.41) is 2.14. The van der Waals surface area contributed by atoms with Crippen LogP contribution in [0.1, 0.15) is 30.6 Å². The maximum atomic E-state index is 6.21. The Bertz CT molecular complexity index is 291. The van der Waals surface area contributed by atoms with Crippen LogP contribution in [-0.4, -0.2) is 6.04 Å². The smallest absolute Gasteiger partial charge is 0.0285 e. The van der Waals surface area contributed by atoms with Crippen LogP contribution in [0.4, 0.5) is 0 Å². The zero-order valence-corrected chi connectivity index (χ0v) is 10.6. The van der Waals surface area contributed by atoms with Crippen molar-refractivity contribution in [2.24, 2.45) is 11.7 Å². The van der Waals surface area contributed by atoms with Gasteiger partial charge in [-0.15, -0.1) is 11.3 Å². The second kappa shape index (κ2) is 4.77. The first-order valence-corrected chi connectivity index (χ1v) is 6.91. The van der Waals surface area contributed by atoms with Gasteiger partial charge in [0.25, 0.3) is 0 Å². The Morgan fingerprint density at radius 1 is 1.50 bits per heavy atom. The largest absolute Gasteiger partial charge is 0.327 e. The van der Waals surface area contributed by atoms with Gasteiger partial charge in [0.2, 0.25) is 0 Å². The van der Waals surface area contributed by atoms with Crippen molar-refractivity contribution in [2.75, 3.05) is 0 Å². The van der Waals surface area contributed by atoms with Gasteiger partial charge in [-0.2, -0.15) is 0 Å². The molecule has 2 N–H and O–H groups in total. The summed E-state index contributed by atoms with van der Waals surface area (Å²) >= 11 is 5.28. The van der Waals surface area contributed by atoms with Crippen molar-refractivity contribution in [1.82, 2.24) is 0 Å². The summed E-state index contributed by atoms with van der Waals surface area (Å²) in [5.41, 5.74) is 6.21. The summed E-state index contributed by atoms with van der Waals surface area (Å²) in [5.74, 6) is 0.774. The molecular weight excluding hydrogens is 258 g/mol. The highest BCUT2D eigenvalue weighted by Gasteiger charge is 2.22. The Morgan fingerprint density at radius 3 is 2.79 bits per heavy atom. The summed E-state index contributed by atoms with van der Waals surface area (Å²) < 4.78 is 1.19. The van der Waals surface area contributed by atoms with E-state index in [0.717, 1.165) is 12.3 Å². The second-order valence-corrected chi connectivity index (χ2v) is 6.06. The molecule has 0 radical (unpaired) electrons. The molecule has 1 saturated carbocycles. The van der Waals surface area contributed by atoms with Crippen molar-refractivity contribution in [3.8, 4) is 0 Å². The van der Waals surface area contributed by atoms with Crippen molar-refractivity contribution in [3.05, 3.63) is 20.8 Å². The monoisotopic (exact) mass is 273 g/mol. The van der Waals surface area contributed by atoms with Gasteiger partial charge in [0.05, 0.1) is 0 Å². The number of thiophene rings is 1. The number of hydrogen-bond acceptors (Lipinski definition) is 2. The molecule has 0 bridgehead atoms. The lowest BCUT2D eigenvalue weighted by atomic mass is 9.96. The molecule has 0 aliphatic heterocycles. The average Bonchev–Trinajstić information content (AvgIpc) is 2.75. The van der Waals surface area contributed by atoms with Crippen molar-refractivity contribution in [3.63, 3.8) is 0 Å². The Morgan fingerprint density at radius 2 is 2.21 bits per heavy atom. The Kier molecular flexibility index (Phi) is 3.63. The van der Waals surface area contributed by atoms with Crippen LogP contribution < -0.4 is 5.73 Å². The maximum absolute atomic E-state index is 6.21. The van der Waals surface area contributed by atoms with Crippen LogP contribution in [0.2, 0.25) is 0 Å². The van der Waals surface area contributed by atoms with Crippen molar-refractivity contribution < 1.29 is 0 Å². The van der Waals surface area contributed by atoms with E-state index in [1.54, 1.807) is 0 Å². The quantitative estimate of drug-likeness (QED) is 0.896. The predicted molar refractivity (Wildman–Crippen MR) is 65.7 cm³/mol. The van der Waals surface area contributed by atoms with Gasteiger partial charge in [0.15, 0.2) is 0 Å². The SMILES string of the molecule is NC(Cc1cc(Br)cs1)C1CCCC1. The van der Waals surface area contributed by atoms with Gasteiger partial charge in [0.1, 0.15) is 0 Å². The average molecular weight is 274 g/mol. The number of rotatable bonds is 3. The molecule has 1 aromatic rings. The van der Waals surface area contributed by atoms with Crippen molar-refractivity contribution in [2.45, 2.75) is 38.1 Å². The highest BCUT2D eigenvalue weighted by atomic mass is 79.9. The van der Waals surface area contributed by atoms with Gasteiger partial charge >= 0.3 is 0 Å². The summed E-state index contributed by atoms with van der Waals surface area (Å²) in [4.78, 5) is 1.41. The van der Waals surface area contributed by atoms with E-state index in [4.69, 9.17) is 5.73 Å². The lowest BCUT2D eigenvalue weighted by molar-refractivity contribution is 0.431. The van der Waals surface area contributed by atoms with E-state index in [9.17, 15) is 0 Å². The molecule has 1 aliphatic rings. The molecule has 0 spiro atoms. The fourth-order valence-electron chi connectivity index (χ4n) is 2.25. The molecule has 1 fully saturated rings. The molecule has 14 heavy (non-hydrogen) atoms. The standard InChI is InChI=1S/C11H16BrNS/c12-9-5-10(14-7-9)6-11(13)8-3-1-2-4-8/h5,7-8,11H,1-4,6,13H2. The zero-order chi connectivity index (χ0) is 9.97. The lowest BCUT2D eigenvalue weighted by Gasteiger charge is -2.17. The fraction of sp³-hybridized carbons (Fsp3) is 0.636. The molecule has 78 valence electrons. The zero-order valence-electron chi connectivity index (χ0n) is 8.21. The summed E-state index contributed by atoms with van der Waals surface area (Å²) in [6, 6.07) is 2.57. The highest BCUT2D eigenvalue weighted by molar-refractivity contribution is 9.10. The molecule has 1 aliphatic carbocycles. The van der Waals surface area contributed by atoms with Crippen molar-refractivity contribution in [1.29, 1.82) is 0 Å². The molecule has 3 heteroatoms. The Labute approximate surface area is 97.8 Å². The van der Waals surface area contributed by atoms with Gasteiger partial charge in [-0.1, -0.05) is 12.8 Å². The van der Waals surface area contributed by atoms with Crippen LogP contribution in [-0.2, 0) is 6.42 Å². The van der Waals surface area contributed by atoms with E-state index in [2.05, 4.69) is 27.4 Å². The van der Waals surface area contributed by atoms with E-state index < -0.39 is 0 Å². The normalized spacial score (nSPS) is 20.1. The van der Waals surface area contributed by atoms with E-state index in [1.165, 1.54) is 35.0 Å². The molecule has 0 saturated heterocycles. The minimum absolute atomic E-state index is 0.378. The van der Waals surface area contributed by atoms with E-state index >= 15 is 0 Å². The molecule has 1 nitrogen and oxygen atoms in total. The van der Waals surface area contributed by atoms with E-state index in [1.807, 2.05) is 11.3 Å². The van der Waals surface area contributed by atoms with Crippen LogP contribution in [0.5, 0.6) is 0 Å².